The quantitative estimate of drug-likeness (QED) is 0.726. The number of anilines is 1. The van der Waals surface area contributed by atoms with Crippen molar-refractivity contribution in [1.29, 1.82) is 0 Å². The zero-order valence-corrected chi connectivity index (χ0v) is 13.1. The van der Waals surface area contributed by atoms with Gasteiger partial charge in [0.15, 0.2) is 5.82 Å². The fraction of sp³-hybridized carbons (Fsp3) is 0.867. The average molecular weight is 266 g/mol. The van der Waals surface area contributed by atoms with Crippen LogP contribution < -0.4 is 5.73 Å². The predicted octanol–water partition coefficient (Wildman–Crippen LogP) is 3.91. The molecule has 2 N–H and O–H groups in total. The van der Waals surface area contributed by atoms with E-state index in [1.165, 1.54) is 38.5 Å². The molecule has 0 unspecified atom stereocenters. The van der Waals surface area contributed by atoms with E-state index < -0.39 is 0 Å². The number of nitrogens with zero attached hydrogens (tertiary/aromatic N) is 3. The van der Waals surface area contributed by atoms with Crippen LogP contribution in [0.2, 0.25) is 0 Å². The topological polar surface area (TPSA) is 56.7 Å². The molecule has 0 aliphatic rings. The van der Waals surface area contributed by atoms with Gasteiger partial charge in [0.1, 0.15) is 0 Å². The third-order valence-corrected chi connectivity index (χ3v) is 3.45. The summed E-state index contributed by atoms with van der Waals surface area (Å²) < 4.78 is 1.99. The highest BCUT2D eigenvalue weighted by atomic mass is 15.4. The molecule has 4 heteroatoms. The van der Waals surface area contributed by atoms with Crippen molar-refractivity contribution < 1.29 is 0 Å². The van der Waals surface area contributed by atoms with Crippen molar-refractivity contribution in [3.05, 3.63) is 5.69 Å². The van der Waals surface area contributed by atoms with E-state index in [0.29, 0.717) is 5.82 Å². The maximum atomic E-state index is 5.92. The maximum absolute atomic E-state index is 5.92. The molecule has 0 aromatic carbocycles. The van der Waals surface area contributed by atoms with E-state index in [1.54, 1.807) is 0 Å². The maximum Gasteiger partial charge on any atom is 0.169 e. The molecule has 0 aliphatic carbocycles. The Labute approximate surface area is 117 Å². The molecular formula is C15H30N4. The molecule has 1 rings (SSSR count). The van der Waals surface area contributed by atoms with Crippen molar-refractivity contribution in [2.75, 3.05) is 5.73 Å². The van der Waals surface area contributed by atoms with Gasteiger partial charge in [0.05, 0.1) is 5.69 Å². The fourth-order valence-corrected chi connectivity index (χ4v) is 2.47. The monoisotopic (exact) mass is 266 g/mol. The molecule has 0 atom stereocenters. The molecule has 0 amide bonds. The molecule has 0 aliphatic heterocycles. The van der Waals surface area contributed by atoms with Gasteiger partial charge in [-0.2, -0.15) is 0 Å². The highest BCUT2D eigenvalue weighted by Gasteiger charge is 2.23. The van der Waals surface area contributed by atoms with Gasteiger partial charge in [-0.1, -0.05) is 71.4 Å². The van der Waals surface area contributed by atoms with Crippen molar-refractivity contribution in [1.82, 2.24) is 15.0 Å². The Kier molecular flexibility index (Phi) is 6.32. The van der Waals surface area contributed by atoms with E-state index in [2.05, 4.69) is 38.0 Å². The highest BCUT2D eigenvalue weighted by Crippen LogP contribution is 2.26. The van der Waals surface area contributed by atoms with Gasteiger partial charge in [-0.15, -0.1) is 5.10 Å². The smallest absolute Gasteiger partial charge is 0.169 e. The van der Waals surface area contributed by atoms with Gasteiger partial charge in [-0.3, -0.25) is 0 Å². The second-order valence-electron chi connectivity index (χ2n) is 6.42. The number of nitrogens with two attached hydrogens (primary N) is 1. The molecule has 0 bridgehead atoms. The Morgan fingerprint density at radius 1 is 1.00 bits per heavy atom. The number of unbranched alkanes of at least 4 members (excludes halogenated alkanes) is 6. The zero-order valence-electron chi connectivity index (χ0n) is 13.1. The third-order valence-electron chi connectivity index (χ3n) is 3.45. The summed E-state index contributed by atoms with van der Waals surface area (Å²) in [6.07, 6.45) is 9.18. The molecular weight excluding hydrogens is 236 g/mol. The van der Waals surface area contributed by atoms with Crippen LogP contribution in [0.5, 0.6) is 0 Å². The summed E-state index contributed by atoms with van der Waals surface area (Å²) >= 11 is 0. The van der Waals surface area contributed by atoms with Crippen molar-refractivity contribution in [3.8, 4) is 0 Å². The normalized spacial score (nSPS) is 12.0. The van der Waals surface area contributed by atoms with Crippen molar-refractivity contribution in [3.63, 3.8) is 0 Å². The first-order valence-electron chi connectivity index (χ1n) is 7.66. The van der Waals surface area contributed by atoms with Crippen molar-refractivity contribution in [2.24, 2.45) is 0 Å². The summed E-state index contributed by atoms with van der Waals surface area (Å²) in [5.74, 6) is 0.579. The Balaban J connectivity index is 2.34. The van der Waals surface area contributed by atoms with E-state index in [-0.39, 0.29) is 5.41 Å². The second-order valence-corrected chi connectivity index (χ2v) is 6.42. The standard InChI is InChI=1S/C15H30N4/c1-5-6-7-8-9-10-11-12-19-13(15(2,3)4)14(16)17-18-19/h5-12,16H2,1-4H3. The lowest BCUT2D eigenvalue weighted by Gasteiger charge is -2.20. The van der Waals surface area contributed by atoms with Gasteiger partial charge in [0.2, 0.25) is 0 Å². The first-order valence-corrected chi connectivity index (χ1v) is 7.66. The van der Waals surface area contributed by atoms with E-state index in [0.717, 1.165) is 18.7 Å². The molecule has 0 fully saturated rings. The van der Waals surface area contributed by atoms with Gasteiger partial charge >= 0.3 is 0 Å². The van der Waals surface area contributed by atoms with Crippen LogP contribution in [-0.2, 0) is 12.0 Å². The van der Waals surface area contributed by atoms with Crippen LogP contribution in [-0.4, -0.2) is 15.0 Å². The molecule has 19 heavy (non-hydrogen) atoms. The SMILES string of the molecule is CCCCCCCCCn1nnc(N)c1C(C)(C)C. The van der Waals surface area contributed by atoms with Gasteiger partial charge in [-0.05, 0) is 6.42 Å². The van der Waals surface area contributed by atoms with E-state index in [4.69, 9.17) is 5.73 Å². The summed E-state index contributed by atoms with van der Waals surface area (Å²) in [6.45, 7) is 9.66. The number of rotatable bonds is 8. The lowest BCUT2D eigenvalue weighted by molar-refractivity contribution is 0.455. The lowest BCUT2D eigenvalue weighted by Crippen LogP contribution is -2.20. The van der Waals surface area contributed by atoms with Gasteiger partial charge in [-0.25, -0.2) is 4.68 Å². The fourth-order valence-electron chi connectivity index (χ4n) is 2.47. The lowest BCUT2D eigenvalue weighted by atomic mass is 9.92. The molecule has 1 aromatic rings. The molecule has 4 nitrogen and oxygen atoms in total. The van der Waals surface area contributed by atoms with Crippen LogP contribution >= 0.6 is 0 Å². The minimum absolute atomic E-state index is 0.00864. The van der Waals surface area contributed by atoms with E-state index in [9.17, 15) is 0 Å². The molecule has 1 aromatic heterocycles. The number of aryl methyl sites for hydroxylation is 1. The number of hydrogen-bond donors (Lipinski definition) is 1. The first-order chi connectivity index (χ1) is 8.96. The van der Waals surface area contributed by atoms with Crippen molar-refractivity contribution in [2.45, 2.75) is 84.6 Å². The minimum Gasteiger partial charge on any atom is -0.381 e. The summed E-state index contributed by atoms with van der Waals surface area (Å²) in [5, 5.41) is 8.18. The average Bonchev–Trinajstić information content (AvgIpc) is 2.69. The largest absolute Gasteiger partial charge is 0.381 e. The Morgan fingerprint density at radius 2 is 1.58 bits per heavy atom. The number of hydrogen-bond acceptors (Lipinski definition) is 3. The Morgan fingerprint density at radius 3 is 2.16 bits per heavy atom. The van der Waals surface area contributed by atoms with E-state index >= 15 is 0 Å². The summed E-state index contributed by atoms with van der Waals surface area (Å²) in [6, 6.07) is 0. The molecule has 0 saturated heterocycles. The second kappa shape index (κ2) is 7.51. The van der Waals surface area contributed by atoms with Crippen LogP contribution in [0.25, 0.3) is 0 Å². The summed E-state index contributed by atoms with van der Waals surface area (Å²) in [5.41, 5.74) is 7.00. The van der Waals surface area contributed by atoms with Crippen LogP contribution in [0.4, 0.5) is 5.82 Å². The van der Waals surface area contributed by atoms with Gasteiger partial charge in [0, 0.05) is 12.0 Å². The van der Waals surface area contributed by atoms with Crippen LogP contribution in [0.15, 0.2) is 0 Å². The summed E-state index contributed by atoms with van der Waals surface area (Å²) in [4.78, 5) is 0. The number of nitrogen functional groups attached to an aromatic ring is 1. The van der Waals surface area contributed by atoms with Gasteiger partial charge in [0.25, 0.3) is 0 Å². The first kappa shape index (κ1) is 16.0. The van der Waals surface area contributed by atoms with Crippen LogP contribution in [0, 0.1) is 0 Å². The van der Waals surface area contributed by atoms with Crippen LogP contribution in [0.3, 0.4) is 0 Å². The molecule has 0 radical (unpaired) electrons. The Hall–Kier alpha value is -1.06. The molecule has 0 spiro atoms. The van der Waals surface area contributed by atoms with Crippen LogP contribution in [0.1, 0.15) is 78.3 Å². The van der Waals surface area contributed by atoms with Crippen molar-refractivity contribution >= 4 is 5.82 Å². The summed E-state index contributed by atoms with van der Waals surface area (Å²) in [7, 11) is 0. The molecule has 110 valence electrons. The third kappa shape index (κ3) is 5.21. The minimum atomic E-state index is 0.00864. The van der Waals surface area contributed by atoms with E-state index in [1.807, 2.05) is 4.68 Å². The highest BCUT2D eigenvalue weighted by molar-refractivity contribution is 5.37. The molecule has 1 heterocycles. The predicted molar refractivity (Wildman–Crippen MR) is 81.1 cm³/mol. The Bertz CT molecular complexity index is 363. The van der Waals surface area contributed by atoms with Gasteiger partial charge < -0.3 is 5.73 Å². The number of aromatic nitrogens is 3. The zero-order chi connectivity index (χ0) is 14.3. The molecule has 0 saturated carbocycles.